The molecule has 0 spiro atoms. The maximum absolute atomic E-state index is 12.9. The first-order valence-electron chi connectivity index (χ1n) is 9.16. The Kier molecular flexibility index (Phi) is 6.65. The van der Waals surface area contributed by atoms with E-state index in [1.165, 1.54) is 16.4 Å². The number of nitrogens with one attached hydrogen (secondary N) is 1. The number of carbonyl (C=O) groups excluding carboxylic acids is 1. The summed E-state index contributed by atoms with van der Waals surface area (Å²) in [6.07, 6.45) is 1.81. The Morgan fingerprint density at radius 1 is 1.14 bits per heavy atom. The number of anilines is 1. The largest absolute Gasteiger partial charge is 0.326 e. The van der Waals surface area contributed by atoms with Crippen LogP contribution in [0.1, 0.15) is 25.3 Å². The van der Waals surface area contributed by atoms with Gasteiger partial charge in [0.1, 0.15) is 4.90 Å². The first kappa shape index (κ1) is 21.1. The summed E-state index contributed by atoms with van der Waals surface area (Å²) in [5, 5.41) is 3.39. The van der Waals surface area contributed by atoms with E-state index in [-0.39, 0.29) is 34.8 Å². The van der Waals surface area contributed by atoms with E-state index >= 15 is 0 Å². The standard InChI is InChI=1S/C20H22Cl2N2O3S/c1-2-14-4-3-5-17(12-14)23-20(25)15-8-10-24(11-9-15)28(26,27)19-13-16(21)6-7-18(19)22/h3-7,12-13,15H,2,8-11H2,1H3,(H,23,25). The van der Waals surface area contributed by atoms with E-state index in [4.69, 9.17) is 23.2 Å². The molecule has 1 amide bonds. The Balaban J connectivity index is 1.65. The lowest BCUT2D eigenvalue weighted by atomic mass is 9.97. The number of nitrogens with zero attached hydrogens (tertiary/aromatic N) is 1. The van der Waals surface area contributed by atoms with Gasteiger partial charge in [0.2, 0.25) is 15.9 Å². The molecule has 1 saturated heterocycles. The number of carbonyl (C=O) groups is 1. The highest BCUT2D eigenvalue weighted by Gasteiger charge is 2.33. The maximum atomic E-state index is 12.9. The fraction of sp³-hybridized carbons (Fsp3) is 0.350. The number of hydrogen-bond acceptors (Lipinski definition) is 3. The highest BCUT2D eigenvalue weighted by atomic mass is 35.5. The summed E-state index contributed by atoms with van der Waals surface area (Å²) in [7, 11) is -3.75. The van der Waals surface area contributed by atoms with Gasteiger partial charge in [-0.1, -0.05) is 42.3 Å². The van der Waals surface area contributed by atoms with Crippen LogP contribution in [0.25, 0.3) is 0 Å². The third-order valence-corrected chi connectivity index (χ3v) is 7.55. The smallest absolute Gasteiger partial charge is 0.244 e. The van der Waals surface area contributed by atoms with Crippen molar-refractivity contribution in [2.45, 2.75) is 31.1 Å². The van der Waals surface area contributed by atoms with E-state index in [1.54, 1.807) is 6.07 Å². The van der Waals surface area contributed by atoms with E-state index < -0.39 is 10.0 Å². The van der Waals surface area contributed by atoms with Crippen molar-refractivity contribution < 1.29 is 13.2 Å². The summed E-state index contributed by atoms with van der Waals surface area (Å²) < 4.78 is 27.1. The number of aryl methyl sites for hydroxylation is 1. The molecule has 0 unspecified atom stereocenters. The molecule has 1 aliphatic heterocycles. The third-order valence-electron chi connectivity index (χ3n) is 4.94. The maximum Gasteiger partial charge on any atom is 0.244 e. The van der Waals surface area contributed by atoms with E-state index in [2.05, 4.69) is 12.2 Å². The van der Waals surface area contributed by atoms with Gasteiger partial charge in [0.05, 0.1) is 5.02 Å². The lowest BCUT2D eigenvalue weighted by Gasteiger charge is -2.30. The van der Waals surface area contributed by atoms with Gasteiger partial charge >= 0.3 is 0 Å². The van der Waals surface area contributed by atoms with Crippen molar-refractivity contribution in [3.05, 3.63) is 58.1 Å². The molecular formula is C20H22Cl2N2O3S. The molecule has 150 valence electrons. The molecule has 5 nitrogen and oxygen atoms in total. The minimum absolute atomic E-state index is 0.000879. The number of piperidine rings is 1. The van der Waals surface area contributed by atoms with Crippen LogP contribution in [0.3, 0.4) is 0 Å². The van der Waals surface area contributed by atoms with Crippen LogP contribution in [0.2, 0.25) is 10.0 Å². The van der Waals surface area contributed by atoms with Crippen molar-refractivity contribution in [2.24, 2.45) is 5.92 Å². The first-order chi connectivity index (χ1) is 13.3. The van der Waals surface area contributed by atoms with Gasteiger partial charge in [-0.2, -0.15) is 4.31 Å². The number of sulfonamides is 1. The molecule has 0 radical (unpaired) electrons. The van der Waals surface area contributed by atoms with Gasteiger partial charge in [0.25, 0.3) is 0 Å². The van der Waals surface area contributed by atoms with Crippen LogP contribution in [0, 0.1) is 5.92 Å². The Morgan fingerprint density at radius 3 is 2.54 bits per heavy atom. The number of amides is 1. The molecule has 0 aliphatic carbocycles. The molecule has 0 bridgehead atoms. The average molecular weight is 441 g/mol. The third kappa shape index (κ3) is 4.69. The average Bonchev–Trinajstić information content (AvgIpc) is 2.70. The second-order valence-electron chi connectivity index (χ2n) is 6.80. The van der Waals surface area contributed by atoms with Gasteiger partial charge in [-0.15, -0.1) is 0 Å². The monoisotopic (exact) mass is 440 g/mol. The van der Waals surface area contributed by atoms with Gasteiger partial charge in [-0.05, 0) is 55.2 Å². The van der Waals surface area contributed by atoms with Crippen LogP contribution in [-0.2, 0) is 21.2 Å². The summed E-state index contributed by atoms with van der Waals surface area (Å²) in [6.45, 7) is 2.58. The Hall–Kier alpha value is -1.60. The van der Waals surface area contributed by atoms with Crippen LogP contribution < -0.4 is 5.32 Å². The minimum Gasteiger partial charge on any atom is -0.326 e. The van der Waals surface area contributed by atoms with Gasteiger partial charge < -0.3 is 5.32 Å². The zero-order chi connectivity index (χ0) is 20.3. The lowest BCUT2D eigenvalue weighted by Crippen LogP contribution is -2.41. The van der Waals surface area contributed by atoms with Crippen LogP contribution in [0.5, 0.6) is 0 Å². The molecule has 8 heteroatoms. The fourth-order valence-corrected chi connectivity index (χ4v) is 5.49. The van der Waals surface area contributed by atoms with Crippen LogP contribution in [0.15, 0.2) is 47.4 Å². The molecule has 0 atom stereocenters. The topological polar surface area (TPSA) is 66.5 Å². The number of hydrogen-bond donors (Lipinski definition) is 1. The van der Waals surface area contributed by atoms with Gasteiger partial charge in [0, 0.05) is 29.7 Å². The Bertz CT molecular complexity index is 971. The highest BCUT2D eigenvalue weighted by molar-refractivity contribution is 7.89. The van der Waals surface area contributed by atoms with Crippen molar-refractivity contribution in [2.75, 3.05) is 18.4 Å². The van der Waals surface area contributed by atoms with Crippen LogP contribution in [-0.4, -0.2) is 31.7 Å². The van der Waals surface area contributed by atoms with Crippen molar-refractivity contribution >= 4 is 44.8 Å². The van der Waals surface area contributed by atoms with E-state index in [0.29, 0.717) is 17.9 Å². The van der Waals surface area contributed by atoms with Crippen molar-refractivity contribution in [1.82, 2.24) is 4.31 Å². The first-order valence-corrected chi connectivity index (χ1v) is 11.4. The zero-order valence-corrected chi connectivity index (χ0v) is 17.8. The van der Waals surface area contributed by atoms with Gasteiger partial charge in [-0.3, -0.25) is 4.79 Å². The Labute approximate surface area is 175 Å². The Morgan fingerprint density at radius 2 is 1.86 bits per heavy atom. The number of halogens is 2. The summed E-state index contributed by atoms with van der Waals surface area (Å²) in [6, 6.07) is 12.1. The molecule has 1 aliphatic rings. The molecule has 1 fully saturated rings. The molecule has 2 aromatic carbocycles. The van der Waals surface area contributed by atoms with E-state index in [9.17, 15) is 13.2 Å². The summed E-state index contributed by atoms with van der Waals surface area (Å²) in [5.74, 6) is -0.308. The quantitative estimate of drug-likeness (QED) is 0.738. The highest BCUT2D eigenvalue weighted by Crippen LogP contribution is 2.30. The summed E-state index contributed by atoms with van der Waals surface area (Å²) in [4.78, 5) is 12.6. The predicted molar refractivity (Wildman–Crippen MR) is 112 cm³/mol. The van der Waals surface area contributed by atoms with Crippen LogP contribution >= 0.6 is 23.2 Å². The molecule has 0 aromatic heterocycles. The van der Waals surface area contributed by atoms with Gasteiger partial charge in [-0.25, -0.2) is 8.42 Å². The fourth-order valence-electron chi connectivity index (χ4n) is 3.29. The van der Waals surface area contributed by atoms with Crippen molar-refractivity contribution in [1.29, 1.82) is 0 Å². The molecule has 1 heterocycles. The van der Waals surface area contributed by atoms with Crippen molar-refractivity contribution in [3.8, 4) is 0 Å². The molecule has 1 N–H and O–H groups in total. The zero-order valence-electron chi connectivity index (χ0n) is 15.5. The molecular weight excluding hydrogens is 419 g/mol. The second kappa shape index (κ2) is 8.82. The molecule has 3 rings (SSSR count). The predicted octanol–water partition coefficient (Wildman–Crippen LogP) is 4.60. The van der Waals surface area contributed by atoms with E-state index in [0.717, 1.165) is 17.7 Å². The SMILES string of the molecule is CCc1cccc(NC(=O)C2CCN(S(=O)(=O)c3cc(Cl)ccc3Cl)CC2)c1. The number of rotatable bonds is 5. The van der Waals surface area contributed by atoms with Crippen LogP contribution in [0.4, 0.5) is 5.69 Å². The normalized spacial score (nSPS) is 16.1. The summed E-state index contributed by atoms with van der Waals surface area (Å²) in [5.41, 5.74) is 1.92. The van der Waals surface area contributed by atoms with Gasteiger partial charge in [0.15, 0.2) is 0 Å². The van der Waals surface area contributed by atoms with Crippen molar-refractivity contribution in [3.63, 3.8) is 0 Å². The molecule has 0 saturated carbocycles. The van der Waals surface area contributed by atoms with E-state index in [1.807, 2.05) is 24.3 Å². The second-order valence-corrected chi connectivity index (χ2v) is 9.55. The lowest BCUT2D eigenvalue weighted by molar-refractivity contribution is -0.120. The summed E-state index contributed by atoms with van der Waals surface area (Å²) >= 11 is 12.0. The minimum atomic E-state index is -3.75. The number of benzene rings is 2. The molecule has 28 heavy (non-hydrogen) atoms. The molecule has 2 aromatic rings.